The van der Waals surface area contributed by atoms with Crippen LogP contribution in [0.25, 0.3) is 0 Å². The number of ether oxygens (including phenoxy) is 1. The number of hydrogen-bond donors (Lipinski definition) is 2. The average molecular weight is 317 g/mol. The second kappa shape index (κ2) is 7.44. The lowest BCUT2D eigenvalue weighted by Crippen LogP contribution is -2.32. The highest BCUT2D eigenvalue weighted by atomic mass is 16.5. The maximum Gasteiger partial charge on any atom is 0.408 e. The molecule has 0 radical (unpaired) electrons. The Morgan fingerprint density at radius 2 is 2.04 bits per heavy atom. The first-order valence-corrected chi connectivity index (χ1v) is 7.15. The van der Waals surface area contributed by atoms with Gasteiger partial charge in [0.1, 0.15) is 6.61 Å². The van der Waals surface area contributed by atoms with E-state index in [0.717, 1.165) is 11.1 Å². The number of alkyl carbamates (subject to hydrolysis) is 1. The summed E-state index contributed by atoms with van der Waals surface area (Å²) in [6.07, 6.45) is 0.711. The molecule has 0 bridgehead atoms. The van der Waals surface area contributed by atoms with Gasteiger partial charge in [0.05, 0.1) is 24.4 Å². The van der Waals surface area contributed by atoms with Gasteiger partial charge in [-0.3, -0.25) is 9.48 Å². The number of aromatic nitrogens is 2. The summed E-state index contributed by atoms with van der Waals surface area (Å²) >= 11 is 0. The first-order valence-electron chi connectivity index (χ1n) is 7.15. The fourth-order valence-electron chi connectivity index (χ4n) is 2.35. The molecule has 0 aliphatic rings. The molecule has 0 saturated heterocycles. The Balaban J connectivity index is 2.03. The van der Waals surface area contributed by atoms with E-state index >= 15 is 0 Å². The van der Waals surface area contributed by atoms with Gasteiger partial charge in [-0.25, -0.2) is 4.79 Å². The number of nitrogens with one attached hydrogen (secondary N) is 1. The number of carbonyl (C=O) groups is 2. The Morgan fingerprint density at radius 1 is 1.35 bits per heavy atom. The van der Waals surface area contributed by atoms with Crippen molar-refractivity contribution in [1.29, 1.82) is 0 Å². The van der Waals surface area contributed by atoms with Gasteiger partial charge in [0.25, 0.3) is 0 Å². The number of benzene rings is 1. The highest BCUT2D eigenvalue weighted by Crippen LogP contribution is 2.20. The summed E-state index contributed by atoms with van der Waals surface area (Å²) in [5.74, 6) is -1.01. The van der Waals surface area contributed by atoms with Crippen molar-refractivity contribution >= 4 is 12.1 Å². The van der Waals surface area contributed by atoms with Gasteiger partial charge < -0.3 is 15.2 Å². The molecule has 0 aliphatic heterocycles. The minimum Gasteiger partial charge on any atom is -0.481 e. The summed E-state index contributed by atoms with van der Waals surface area (Å²) in [7, 11) is 1.70. The van der Waals surface area contributed by atoms with E-state index in [2.05, 4.69) is 10.4 Å². The predicted octanol–water partition coefficient (Wildman–Crippen LogP) is 2.17. The van der Waals surface area contributed by atoms with E-state index in [4.69, 9.17) is 9.84 Å². The second-order valence-electron chi connectivity index (χ2n) is 5.19. The smallest absolute Gasteiger partial charge is 0.408 e. The van der Waals surface area contributed by atoms with Crippen molar-refractivity contribution in [2.75, 3.05) is 0 Å². The van der Waals surface area contributed by atoms with Crippen LogP contribution in [-0.2, 0) is 23.2 Å². The molecule has 1 aromatic carbocycles. The lowest BCUT2D eigenvalue weighted by molar-refractivity contribution is -0.137. The van der Waals surface area contributed by atoms with Crippen molar-refractivity contribution < 1.29 is 19.4 Å². The average Bonchev–Trinajstić information content (AvgIpc) is 2.84. The Bertz CT molecular complexity index is 662. The molecule has 7 heteroatoms. The minimum atomic E-state index is -1.01. The molecule has 0 fully saturated rings. The van der Waals surface area contributed by atoms with E-state index in [1.165, 1.54) is 0 Å². The number of amides is 1. The van der Waals surface area contributed by atoms with E-state index < -0.39 is 18.1 Å². The topological polar surface area (TPSA) is 93.5 Å². The molecule has 0 spiro atoms. The largest absolute Gasteiger partial charge is 0.481 e. The fourth-order valence-corrected chi connectivity index (χ4v) is 2.35. The van der Waals surface area contributed by atoms with Crippen molar-refractivity contribution in [3.05, 3.63) is 53.3 Å². The standard InChI is InChI=1S/C16H19N3O4/c1-11-9-17-19(2)15(11)13(8-14(20)21)18-16(22)23-10-12-6-4-3-5-7-12/h3-7,9,13H,8,10H2,1-2H3,(H,18,22)(H,20,21). The molecular weight excluding hydrogens is 298 g/mol. The van der Waals surface area contributed by atoms with Crippen LogP contribution in [0.15, 0.2) is 36.5 Å². The van der Waals surface area contributed by atoms with Crippen LogP contribution in [0.2, 0.25) is 0 Å². The molecular formula is C16H19N3O4. The first kappa shape index (κ1) is 16.5. The molecule has 1 atom stereocenters. The number of carbonyl (C=O) groups excluding carboxylic acids is 1. The summed E-state index contributed by atoms with van der Waals surface area (Å²) in [5, 5.41) is 15.7. The van der Waals surface area contributed by atoms with E-state index in [1.54, 1.807) is 17.9 Å². The van der Waals surface area contributed by atoms with E-state index in [0.29, 0.717) is 5.69 Å². The zero-order chi connectivity index (χ0) is 16.8. The molecule has 1 unspecified atom stereocenters. The summed E-state index contributed by atoms with van der Waals surface area (Å²) in [4.78, 5) is 23.0. The van der Waals surface area contributed by atoms with Crippen molar-refractivity contribution in [3.8, 4) is 0 Å². The molecule has 2 aromatic rings. The third kappa shape index (κ3) is 4.57. The normalized spacial score (nSPS) is 11.7. The number of nitrogens with zero attached hydrogens (tertiary/aromatic N) is 2. The molecule has 0 aliphatic carbocycles. The van der Waals surface area contributed by atoms with Gasteiger partial charge >= 0.3 is 12.1 Å². The summed E-state index contributed by atoms with van der Waals surface area (Å²) < 4.78 is 6.70. The summed E-state index contributed by atoms with van der Waals surface area (Å²) in [5.41, 5.74) is 2.31. The van der Waals surface area contributed by atoms with Crippen molar-refractivity contribution in [3.63, 3.8) is 0 Å². The molecule has 0 saturated carbocycles. The molecule has 2 rings (SSSR count). The van der Waals surface area contributed by atoms with Crippen LogP contribution in [0, 0.1) is 6.92 Å². The van der Waals surface area contributed by atoms with Crippen LogP contribution < -0.4 is 5.32 Å². The zero-order valence-corrected chi connectivity index (χ0v) is 13.0. The molecule has 1 heterocycles. The van der Waals surface area contributed by atoms with Gasteiger partial charge in [-0.15, -0.1) is 0 Å². The summed E-state index contributed by atoms with van der Waals surface area (Å²) in [6.45, 7) is 1.94. The molecule has 1 amide bonds. The van der Waals surface area contributed by atoms with Crippen molar-refractivity contribution in [2.24, 2.45) is 7.05 Å². The third-order valence-corrected chi connectivity index (χ3v) is 3.39. The Kier molecular flexibility index (Phi) is 5.35. The number of rotatable bonds is 6. The number of aliphatic carboxylic acids is 1. The van der Waals surface area contributed by atoms with Crippen LogP contribution in [0.1, 0.15) is 29.3 Å². The first-order chi connectivity index (χ1) is 11.0. The van der Waals surface area contributed by atoms with E-state index in [1.807, 2.05) is 37.3 Å². The van der Waals surface area contributed by atoms with E-state index in [9.17, 15) is 9.59 Å². The van der Waals surface area contributed by atoms with Gasteiger partial charge in [0.15, 0.2) is 0 Å². The maximum atomic E-state index is 12.0. The summed E-state index contributed by atoms with van der Waals surface area (Å²) in [6, 6.07) is 8.55. The highest BCUT2D eigenvalue weighted by Gasteiger charge is 2.23. The molecule has 2 N–H and O–H groups in total. The van der Waals surface area contributed by atoms with Gasteiger partial charge in [-0.1, -0.05) is 30.3 Å². The van der Waals surface area contributed by atoms with Gasteiger partial charge in [-0.05, 0) is 18.1 Å². The highest BCUT2D eigenvalue weighted by molar-refractivity contribution is 5.71. The third-order valence-electron chi connectivity index (χ3n) is 3.39. The number of carboxylic acid groups (broad SMARTS) is 1. The van der Waals surface area contributed by atoms with E-state index in [-0.39, 0.29) is 13.0 Å². The quantitative estimate of drug-likeness (QED) is 0.851. The SMILES string of the molecule is Cc1cnn(C)c1C(CC(=O)O)NC(=O)OCc1ccccc1. The fraction of sp³-hybridized carbons (Fsp3) is 0.312. The van der Waals surface area contributed by atoms with Gasteiger partial charge in [0.2, 0.25) is 0 Å². The van der Waals surface area contributed by atoms with Crippen LogP contribution >= 0.6 is 0 Å². The van der Waals surface area contributed by atoms with Crippen LogP contribution in [0.5, 0.6) is 0 Å². The predicted molar refractivity (Wildman–Crippen MR) is 82.7 cm³/mol. The van der Waals surface area contributed by atoms with Crippen LogP contribution in [-0.4, -0.2) is 26.9 Å². The number of aryl methyl sites for hydroxylation is 2. The Hall–Kier alpha value is -2.83. The molecule has 7 nitrogen and oxygen atoms in total. The minimum absolute atomic E-state index is 0.122. The van der Waals surface area contributed by atoms with Crippen molar-refractivity contribution in [2.45, 2.75) is 26.0 Å². The second-order valence-corrected chi connectivity index (χ2v) is 5.19. The lowest BCUT2D eigenvalue weighted by Gasteiger charge is -2.18. The van der Waals surface area contributed by atoms with Crippen LogP contribution in [0.3, 0.4) is 0 Å². The Labute approximate surface area is 133 Å². The zero-order valence-electron chi connectivity index (χ0n) is 13.0. The Morgan fingerprint density at radius 3 is 2.61 bits per heavy atom. The lowest BCUT2D eigenvalue weighted by atomic mass is 10.1. The van der Waals surface area contributed by atoms with Gasteiger partial charge in [0, 0.05) is 7.05 Å². The van der Waals surface area contributed by atoms with Crippen molar-refractivity contribution in [1.82, 2.24) is 15.1 Å². The monoisotopic (exact) mass is 317 g/mol. The molecule has 122 valence electrons. The maximum absolute atomic E-state index is 12.0. The van der Waals surface area contributed by atoms with Crippen LogP contribution in [0.4, 0.5) is 4.79 Å². The molecule has 23 heavy (non-hydrogen) atoms. The number of hydrogen-bond acceptors (Lipinski definition) is 4. The van der Waals surface area contributed by atoms with Gasteiger partial charge in [-0.2, -0.15) is 5.10 Å². The number of carboxylic acids is 1. The molecule has 1 aromatic heterocycles.